The fourth-order valence-electron chi connectivity index (χ4n) is 3.15. The highest BCUT2D eigenvalue weighted by Crippen LogP contribution is 2.46. The van der Waals surface area contributed by atoms with Crippen LogP contribution in [0.25, 0.3) is 0 Å². The van der Waals surface area contributed by atoms with E-state index in [9.17, 15) is 9.59 Å². The van der Waals surface area contributed by atoms with Crippen LogP contribution in [0.1, 0.15) is 52.0 Å². The summed E-state index contributed by atoms with van der Waals surface area (Å²) in [5.41, 5.74) is 1.78. The Morgan fingerprint density at radius 1 is 1.25 bits per heavy atom. The molecule has 2 aromatic rings. The predicted octanol–water partition coefficient (Wildman–Crippen LogP) is 3.83. The Morgan fingerprint density at radius 3 is 2.75 bits per heavy atom. The first-order valence-corrected chi connectivity index (χ1v) is 10.1. The third-order valence-corrected chi connectivity index (χ3v) is 5.55. The molecule has 1 fully saturated rings. The molecule has 0 bridgehead atoms. The van der Waals surface area contributed by atoms with E-state index >= 15 is 0 Å². The van der Waals surface area contributed by atoms with Gasteiger partial charge in [0.25, 0.3) is 5.91 Å². The zero-order chi connectivity index (χ0) is 19.7. The standard InChI is InChI=1S/C20H21NO6S/c1-3-25-20(23)16-13(11-4-5-11)10-28-19(16)21-18(22)12-8-14(24-2)17-15(9-12)26-6-7-27-17/h8-11H,3-7H2,1-2H3,(H,21,22). The van der Waals surface area contributed by atoms with Crippen LogP contribution in [0.3, 0.4) is 0 Å². The van der Waals surface area contributed by atoms with Crippen LogP contribution in [0.15, 0.2) is 17.5 Å². The Morgan fingerprint density at radius 2 is 2.04 bits per heavy atom. The van der Waals surface area contributed by atoms with Crippen molar-refractivity contribution in [3.05, 3.63) is 34.2 Å². The highest BCUT2D eigenvalue weighted by molar-refractivity contribution is 7.15. The van der Waals surface area contributed by atoms with E-state index in [2.05, 4.69) is 5.32 Å². The number of methoxy groups -OCH3 is 1. The summed E-state index contributed by atoms with van der Waals surface area (Å²) in [6.07, 6.45) is 2.10. The Labute approximate surface area is 166 Å². The molecule has 0 spiro atoms. The number of anilines is 1. The smallest absolute Gasteiger partial charge is 0.341 e. The first kappa shape index (κ1) is 18.6. The lowest BCUT2D eigenvalue weighted by molar-refractivity contribution is 0.0527. The van der Waals surface area contributed by atoms with Crippen LogP contribution in [-0.2, 0) is 4.74 Å². The summed E-state index contributed by atoms with van der Waals surface area (Å²) >= 11 is 1.34. The van der Waals surface area contributed by atoms with E-state index in [1.807, 2.05) is 5.38 Å². The number of ether oxygens (including phenoxy) is 4. The van der Waals surface area contributed by atoms with E-state index in [4.69, 9.17) is 18.9 Å². The van der Waals surface area contributed by atoms with Gasteiger partial charge in [0, 0.05) is 5.56 Å². The van der Waals surface area contributed by atoms with Crippen molar-refractivity contribution in [3.8, 4) is 17.2 Å². The van der Waals surface area contributed by atoms with E-state index < -0.39 is 5.97 Å². The van der Waals surface area contributed by atoms with E-state index in [-0.39, 0.29) is 12.5 Å². The molecule has 1 saturated carbocycles. The van der Waals surface area contributed by atoms with Gasteiger partial charge in [-0.2, -0.15) is 0 Å². The summed E-state index contributed by atoms with van der Waals surface area (Å²) in [7, 11) is 1.51. The van der Waals surface area contributed by atoms with Crippen LogP contribution >= 0.6 is 11.3 Å². The number of carbonyl (C=O) groups is 2. The van der Waals surface area contributed by atoms with Crippen molar-refractivity contribution in [2.45, 2.75) is 25.7 Å². The fraction of sp³-hybridized carbons (Fsp3) is 0.400. The third-order valence-electron chi connectivity index (χ3n) is 4.63. The number of hydrogen-bond acceptors (Lipinski definition) is 7. The summed E-state index contributed by atoms with van der Waals surface area (Å²) in [4.78, 5) is 25.4. The Kier molecular flexibility index (Phi) is 5.13. The highest BCUT2D eigenvalue weighted by Gasteiger charge is 2.32. The van der Waals surface area contributed by atoms with Gasteiger partial charge in [-0.3, -0.25) is 4.79 Å². The van der Waals surface area contributed by atoms with Crippen LogP contribution in [0.2, 0.25) is 0 Å². The molecule has 148 valence electrons. The second-order valence-corrected chi connectivity index (χ2v) is 7.43. The molecule has 0 unspecified atom stereocenters. The molecule has 0 atom stereocenters. The average Bonchev–Trinajstić information content (AvgIpc) is 3.47. The summed E-state index contributed by atoms with van der Waals surface area (Å²) < 4.78 is 21.7. The zero-order valence-electron chi connectivity index (χ0n) is 15.7. The number of fused-ring (bicyclic) bond motifs is 1. The van der Waals surface area contributed by atoms with Crippen molar-refractivity contribution in [3.63, 3.8) is 0 Å². The van der Waals surface area contributed by atoms with Gasteiger partial charge in [-0.25, -0.2) is 4.79 Å². The Hall–Kier alpha value is -2.74. The van der Waals surface area contributed by atoms with Crippen molar-refractivity contribution >= 4 is 28.2 Å². The van der Waals surface area contributed by atoms with Crippen LogP contribution < -0.4 is 19.5 Å². The average molecular weight is 403 g/mol. The topological polar surface area (TPSA) is 83.1 Å². The van der Waals surface area contributed by atoms with Gasteiger partial charge < -0.3 is 24.3 Å². The molecule has 1 aromatic carbocycles. The number of nitrogens with one attached hydrogen (secondary N) is 1. The van der Waals surface area contributed by atoms with Crippen molar-refractivity contribution in [1.29, 1.82) is 0 Å². The molecular formula is C20H21NO6S. The molecule has 1 aliphatic heterocycles. The Bertz CT molecular complexity index is 900. The largest absolute Gasteiger partial charge is 0.493 e. The van der Waals surface area contributed by atoms with Gasteiger partial charge in [0.05, 0.1) is 19.3 Å². The SMILES string of the molecule is CCOC(=O)c1c(C2CC2)csc1NC(=O)c1cc(OC)c2c(c1)OCCO2. The molecule has 1 aliphatic carbocycles. The van der Waals surface area contributed by atoms with Crippen molar-refractivity contribution in [2.75, 3.05) is 32.2 Å². The van der Waals surface area contributed by atoms with Crippen LogP contribution in [0, 0.1) is 0 Å². The quantitative estimate of drug-likeness (QED) is 0.738. The van der Waals surface area contributed by atoms with Gasteiger partial charge in [0.2, 0.25) is 5.75 Å². The van der Waals surface area contributed by atoms with Gasteiger partial charge in [0.15, 0.2) is 11.5 Å². The van der Waals surface area contributed by atoms with Gasteiger partial charge >= 0.3 is 5.97 Å². The molecule has 28 heavy (non-hydrogen) atoms. The van der Waals surface area contributed by atoms with Crippen LogP contribution in [0.4, 0.5) is 5.00 Å². The molecule has 1 aromatic heterocycles. The molecule has 7 nitrogen and oxygen atoms in total. The number of thiophene rings is 1. The second-order valence-electron chi connectivity index (χ2n) is 6.55. The number of esters is 1. The lowest BCUT2D eigenvalue weighted by Gasteiger charge is -2.21. The third kappa shape index (κ3) is 3.52. The van der Waals surface area contributed by atoms with E-state index in [1.165, 1.54) is 18.4 Å². The first-order chi connectivity index (χ1) is 13.6. The number of benzene rings is 1. The zero-order valence-corrected chi connectivity index (χ0v) is 16.5. The van der Waals surface area contributed by atoms with Crippen LogP contribution in [0.5, 0.6) is 17.2 Å². The maximum Gasteiger partial charge on any atom is 0.341 e. The van der Waals surface area contributed by atoms with Crippen molar-refractivity contribution in [2.24, 2.45) is 0 Å². The molecular weight excluding hydrogens is 382 g/mol. The summed E-state index contributed by atoms with van der Waals surface area (Å²) in [6.45, 7) is 2.88. The highest BCUT2D eigenvalue weighted by atomic mass is 32.1. The molecule has 0 radical (unpaired) electrons. The lowest BCUT2D eigenvalue weighted by atomic mass is 10.1. The molecule has 4 rings (SSSR count). The normalized spacial score (nSPS) is 15.1. The van der Waals surface area contributed by atoms with Gasteiger partial charge in [-0.1, -0.05) is 0 Å². The monoisotopic (exact) mass is 403 g/mol. The molecule has 1 N–H and O–H groups in total. The molecule has 2 aliphatic rings. The van der Waals surface area contributed by atoms with E-state index in [1.54, 1.807) is 19.1 Å². The molecule has 2 heterocycles. The van der Waals surface area contributed by atoms with Gasteiger partial charge in [-0.15, -0.1) is 11.3 Å². The number of hydrogen-bond donors (Lipinski definition) is 1. The maximum atomic E-state index is 12.9. The summed E-state index contributed by atoms with van der Waals surface area (Å²) in [5, 5.41) is 5.29. The van der Waals surface area contributed by atoms with E-state index in [0.29, 0.717) is 52.5 Å². The Balaban J connectivity index is 1.63. The number of carbonyl (C=O) groups excluding carboxylic acids is 2. The number of amides is 1. The molecule has 0 saturated heterocycles. The maximum absolute atomic E-state index is 12.9. The van der Waals surface area contributed by atoms with Crippen molar-refractivity contribution < 1.29 is 28.5 Å². The van der Waals surface area contributed by atoms with Gasteiger partial charge in [-0.05, 0) is 48.8 Å². The first-order valence-electron chi connectivity index (χ1n) is 9.19. The van der Waals surface area contributed by atoms with Crippen molar-refractivity contribution in [1.82, 2.24) is 0 Å². The van der Waals surface area contributed by atoms with Crippen LogP contribution in [-0.4, -0.2) is 38.8 Å². The second kappa shape index (κ2) is 7.71. The minimum atomic E-state index is -0.402. The predicted molar refractivity (Wildman–Crippen MR) is 104 cm³/mol. The summed E-state index contributed by atoms with van der Waals surface area (Å²) in [5.74, 6) is 0.995. The molecule has 8 heteroatoms. The van der Waals surface area contributed by atoms with Gasteiger partial charge in [0.1, 0.15) is 18.2 Å². The fourth-order valence-corrected chi connectivity index (χ4v) is 4.18. The van der Waals surface area contributed by atoms with E-state index in [0.717, 1.165) is 18.4 Å². The lowest BCUT2D eigenvalue weighted by Crippen LogP contribution is -2.18. The minimum Gasteiger partial charge on any atom is -0.493 e. The summed E-state index contributed by atoms with van der Waals surface area (Å²) in [6, 6.07) is 3.22. The minimum absolute atomic E-state index is 0.283. The number of rotatable bonds is 6. The molecule has 1 amide bonds.